The molecule has 0 N–H and O–H groups in total. The standard InChI is InChI=1S/C15H13BrO2/c1-10-8-12(6-7-14(10)16)15(17)11-4-3-5-13(9-11)18-2/h3-9H,1-2H3. The summed E-state index contributed by atoms with van der Waals surface area (Å²) in [6.45, 7) is 1.96. The Morgan fingerprint density at radius 2 is 1.83 bits per heavy atom. The summed E-state index contributed by atoms with van der Waals surface area (Å²) in [7, 11) is 1.59. The molecule has 92 valence electrons. The van der Waals surface area contributed by atoms with E-state index in [1.54, 1.807) is 19.2 Å². The molecular weight excluding hydrogens is 292 g/mol. The number of ether oxygens (including phenoxy) is 1. The summed E-state index contributed by atoms with van der Waals surface area (Å²) in [6.07, 6.45) is 0. The SMILES string of the molecule is COc1cccc(C(=O)c2ccc(Br)c(C)c2)c1. The Balaban J connectivity index is 2.38. The van der Waals surface area contributed by atoms with Crippen LogP contribution in [0.2, 0.25) is 0 Å². The molecule has 2 nitrogen and oxygen atoms in total. The van der Waals surface area contributed by atoms with Gasteiger partial charge in [0, 0.05) is 15.6 Å². The van der Waals surface area contributed by atoms with E-state index >= 15 is 0 Å². The Bertz CT molecular complexity index is 591. The van der Waals surface area contributed by atoms with Crippen LogP contribution >= 0.6 is 15.9 Å². The number of halogens is 1. The van der Waals surface area contributed by atoms with E-state index in [1.165, 1.54) is 0 Å². The van der Waals surface area contributed by atoms with E-state index in [1.807, 2.05) is 37.3 Å². The van der Waals surface area contributed by atoms with Gasteiger partial charge in [-0.05, 0) is 42.8 Å². The Labute approximate surface area is 115 Å². The van der Waals surface area contributed by atoms with E-state index in [0.717, 1.165) is 10.0 Å². The number of methoxy groups -OCH3 is 1. The smallest absolute Gasteiger partial charge is 0.193 e. The molecule has 0 fully saturated rings. The Hall–Kier alpha value is -1.61. The summed E-state index contributed by atoms with van der Waals surface area (Å²) in [5.74, 6) is 0.694. The third-order valence-electron chi connectivity index (χ3n) is 2.75. The highest BCUT2D eigenvalue weighted by molar-refractivity contribution is 9.10. The van der Waals surface area contributed by atoms with Crippen molar-refractivity contribution in [3.63, 3.8) is 0 Å². The zero-order valence-corrected chi connectivity index (χ0v) is 11.8. The van der Waals surface area contributed by atoms with Crippen molar-refractivity contribution < 1.29 is 9.53 Å². The van der Waals surface area contributed by atoms with Crippen molar-refractivity contribution in [1.29, 1.82) is 0 Å². The molecular formula is C15H13BrO2. The van der Waals surface area contributed by atoms with Gasteiger partial charge in [0.2, 0.25) is 0 Å². The number of carbonyl (C=O) groups excluding carboxylic acids is 1. The molecule has 0 saturated carbocycles. The van der Waals surface area contributed by atoms with Gasteiger partial charge in [0.05, 0.1) is 7.11 Å². The van der Waals surface area contributed by atoms with Crippen molar-refractivity contribution in [1.82, 2.24) is 0 Å². The minimum Gasteiger partial charge on any atom is -0.497 e. The molecule has 0 heterocycles. The average molecular weight is 305 g/mol. The second-order valence-electron chi connectivity index (χ2n) is 4.03. The fourth-order valence-electron chi connectivity index (χ4n) is 1.72. The molecule has 0 aliphatic carbocycles. The largest absolute Gasteiger partial charge is 0.497 e. The van der Waals surface area contributed by atoms with E-state index in [4.69, 9.17) is 4.74 Å². The molecule has 2 aromatic carbocycles. The Morgan fingerprint density at radius 1 is 1.11 bits per heavy atom. The van der Waals surface area contributed by atoms with Gasteiger partial charge in [-0.1, -0.05) is 28.1 Å². The predicted octanol–water partition coefficient (Wildman–Crippen LogP) is 4.00. The van der Waals surface area contributed by atoms with Crippen molar-refractivity contribution in [2.24, 2.45) is 0 Å². The van der Waals surface area contributed by atoms with Crippen LogP contribution in [0.1, 0.15) is 21.5 Å². The van der Waals surface area contributed by atoms with E-state index in [-0.39, 0.29) is 5.78 Å². The fraction of sp³-hybridized carbons (Fsp3) is 0.133. The summed E-state index contributed by atoms with van der Waals surface area (Å²) in [5, 5.41) is 0. The molecule has 18 heavy (non-hydrogen) atoms. The molecule has 2 rings (SSSR count). The first kappa shape index (κ1) is 12.8. The predicted molar refractivity (Wildman–Crippen MR) is 75.3 cm³/mol. The normalized spacial score (nSPS) is 10.2. The monoisotopic (exact) mass is 304 g/mol. The van der Waals surface area contributed by atoms with Gasteiger partial charge in [-0.15, -0.1) is 0 Å². The van der Waals surface area contributed by atoms with Gasteiger partial charge in [-0.25, -0.2) is 0 Å². The molecule has 0 aliphatic heterocycles. The molecule has 0 unspecified atom stereocenters. The van der Waals surface area contributed by atoms with Crippen LogP contribution in [-0.2, 0) is 0 Å². The van der Waals surface area contributed by atoms with Gasteiger partial charge in [0.15, 0.2) is 5.78 Å². The number of carbonyl (C=O) groups is 1. The fourth-order valence-corrected chi connectivity index (χ4v) is 1.96. The van der Waals surface area contributed by atoms with Gasteiger partial charge in [-0.2, -0.15) is 0 Å². The lowest BCUT2D eigenvalue weighted by Crippen LogP contribution is -2.02. The molecule has 2 aromatic rings. The van der Waals surface area contributed by atoms with Crippen molar-refractivity contribution >= 4 is 21.7 Å². The molecule has 0 bridgehead atoms. The maximum atomic E-state index is 12.3. The Morgan fingerprint density at radius 3 is 2.50 bits per heavy atom. The molecule has 0 amide bonds. The van der Waals surface area contributed by atoms with Gasteiger partial charge < -0.3 is 4.74 Å². The summed E-state index contributed by atoms with van der Waals surface area (Å²) < 4.78 is 6.13. The second kappa shape index (κ2) is 5.36. The van der Waals surface area contributed by atoms with Gasteiger partial charge >= 0.3 is 0 Å². The van der Waals surface area contributed by atoms with Gasteiger partial charge in [0.1, 0.15) is 5.75 Å². The lowest BCUT2D eigenvalue weighted by atomic mass is 10.0. The number of ketones is 1. The van der Waals surface area contributed by atoms with Crippen LogP contribution in [0.4, 0.5) is 0 Å². The number of hydrogen-bond acceptors (Lipinski definition) is 2. The number of benzene rings is 2. The second-order valence-corrected chi connectivity index (χ2v) is 4.88. The van der Waals surface area contributed by atoms with E-state index < -0.39 is 0 Å². The third kappa shape index (κ3) is 2.62. The number of hydrogen-bond donors (Lipinski definition) is 0. The lowest BCUT2D eigenvalue weighted by molar-refractivity contribution is 0.103. The van der Waals surface area contributed by atoms with Crippen LogP contribution in [0.5, 0.6) is 5.75 Å². The van der Waals surface area contributed by atoms with Crippen molar-refractivity contribution in [3.05, 3.63) is 63.6 Å². The highest BCUT2D eigenvalue weighted by Crippen LogP contribution is 2.20. The number of aryl methyl sites for hydroxylation is 1. The van der Waals surface area contributed by atoms with Gasteiger partial charge in [0.25, 0.3) is 0 Å². The maximum absolute atomic E-state index is 12.3. The summed E-state index contributed by atoms with van der Waals surface area (Å²) in [4.78, 5) is 12.3. The zero-order valence-electron chi connectivity index (χ0n) is 10.2. The maximum Gasteiger partial charge on any atom is 0.193 e. The van der Waals surface area contributed by atoms with E-state index in [0.29, 0.717) is 16.9 Å². The van der Waals surface area contributed by atoms with Crippen LogP contribution in [0.15, 0.2) is 46.9 Å². The first-order chi connectivity index (χ1) is 8.61. The zero-order chi connectivity index (χ0) is 13.1. The first-order valence-corrected chi connectivity index (χ1v) is 6.36. The molecule has 0 spiro atoms. The average Bonchev–Trinajstić information content (AvgIpc) is 2.41. The summed E-state index contributed by atoms with van der Waals surface area (Å²) in [6, 6.07) is 12.8. The van der Waals surface area contributed by atoms with Crippen LogP contribution < -0.4 is 4.74 Å². The van der Waals surface area contributed by atoms with Crippen LogP contribution in [0, 0.1) is 6.92 Å². The van der Waals surface area contributed by atoms with Crippen LogP contribution in [0.25, 0.3) is 0 Å². The van der Waals surface area contributed by atoms with Crippen molar-refractivity contribution in [3.8, 4) is 5.75 Å². The molecule has 0 radical (unpaired) electrons. The van der Waals surface area contributed by atoms with E-state index in [9.17, 15) is 4.79 Å². The number of rotatable bonds is 3. The minimum absolute atomic E-state index is 0.00417. The molecule has 0 aromatic heterocycles. The van der Waals surface area contributed by atoms with Crippen molar-refractivity contribution in [2.75, 3.05) is 7.11 Å². The van der Waals surface area contributed by atoms with Crippen LogP contribution in [-0.4, -0.2) is 12.9 Å². The molecule has 0 atom stereocenters. The van der Waals surface area contributed by atoms with Crippen molar-refractivity contribution in [2.45, 2.75) is 6.92 Å². The quantitative estimate of drug-likeness (QED) is 0.801. The lowest BCUT2D eigenvalue weighted by Gasteiger charge is -2.05. The highest BCUT2D eigenvalue weighted by atomic mass is 79.9. The Kier molecular flexibility index (Phi) is 3.82. The summed E-state index contributed by atoms with van der Waals surface area (Å²) in [5.41, 5.74) is 2.36. The molecule has 0 aliphatic rings. The minimum atomic E-state index is 0.00417. The van der Waals surface area contributed by atoms with Gasteiger partial charge in [-0.3, -0.25) is 4.79 Å². The van der Waals surface area contributed by atoms with Crippen LogP contribution in [0.3, 0.4) is 0 Å². The van der Waals surface area contributed by atoms with E-state index in [2.05, 4.69) is 15.9 Å². The molecule has 0 saturated heterocycles. The topological polar surface area (TPSA) is 26.3 Å². The molecule has 3 heteroatoms. The highest BCUT2D eigenvalue weighted by Gasteiger charge is 2.10. The first-order valence-electron chi connectivity index (χ1n) is 5.56. The summed E-state index contributed by atoms with van der Waals surface area (Å²) >= 11 is 3.43. The third-order valence-corrected chi connectivity index (χ3v) is 3.64.